The summed E-state index contributed by atoms with van der Waals surface area (Å²) in [5.41, 5.74) is 9.67. The third-order valence-electron chi connectivity index (χ3n) is 13.4. The van der Waals surface area contributed by atoms with Crippen molar-refractivity contribution in [2.45, 2.75) is 78.7 Å². The molecule has 6 rings (SSSR count). The van der Waals surface area contributed by atoms with Gasteiger partial charge in [0.25, 0.3) is 26.1 Å². The van der Waals surface area contributed by atoms with Gasteiger partial charge in [-0.3, -0.25) is 28.7 Å². The van der Waals surface area contributed by atoms with Crippen molar-refractivity contribution in [1.82, 2.24) is 26.2 Å². The fourth-order valence-electron chi connectivity index (χ4n) is 9.06. The molecule has 5 unspecified atom stereocenters. The number of aromatic carboxylic acids is 1. The monoisotopic (exact) mass is 1580 g/mol. The second-order valence-corrected chi connectivity index (χ2v) is 34.7. The SMILES string of the molecule is CS(=S)CO[C@H]1CC(N2C=C(C#CCNC(=O)OCCCCOCSSC(C)(C)CCOC(=O)NCCOCCOCCNC(=O)c3ccc(-c4c5ccc(=N)c(S(=O)(=O)O)c-5oc5c(S(=O)(=O)O)c(N)ccc45)c(C(=O)O)c3)C(N)NC2=O)O[C@@H]1COP(=O)(O)OP(=O)(O)OP(=O)(O)O. The molecular weight excluding hydrogens is 1510 g/mol. The third-order valence-corrected chi connectivity index (χ3v) is 22.9. The van der Waals surface area contributed by atoms with Crippen LogP contribution < -0.4 is 38.1 Å². The van der Waals surface area contributed by atoms with E-state index in [2.05, 4.69) is 41.7 Å². The van der Waals surface area contributed by atoms with E-state index in [9.17, 15) is 78.5 Å². The highest BCUT2D eigenvalue weighted by atomic mass is 33.1. The number of alkyl carbamates (subject to hydrolysis) is 2. The lowest BCUT2D eigenvalue weighted by molar-refractivity contribution is -0.0611. The number of unbranched alkanes of at least 4 members (excludes halogenated alkanes) is 1. The number of amides is 5. The minimum Gasteiger partial charge on any atom is -0.478 e. The number of phosphoric acid groups is 3. The van der Waals surface area contributed by atoms with E-state index in [0.717, 1.165) is 23.1 Å². The fraction of sp³-hybridized carbons (Fsp3) is 0.472. The Balaban J connectivity index is 0.800. The Morgan fingerprint density at radius 2 is 1.51 bits per heavy atom. The first-order valence-corrected chi connectivity index (χ1v) is 41.4. The van der Waals surface area contributed by atoms with Gasteiger partial charge in [-0.2, -0.15) is 25.5 Å². The molecule has 0 spiro atoms. The molecule has 3 aliphatic heterocycles. The van der Waals surface area contributed by atoms with Crippen molar-refractivity contribution in [3.8, 4) is 34.3 Å². The van der Waals surface area contributed by atoms with Gasteiger partial charge in [0.2, 0.25) is 0 Å². The number of ether oxygens (including phenoxy) is 7. The Labute approximate surface area is 585 Å². The first kappa shape index (κ1) is 83.2. The number of hydrogen-bond donors (Lipinski definition) is 14. The van der Waals surface area contributed by atoms with Crippen molar-refractivity contribution >= 4 is 133 Å². The number of carbonyl (C=O) groups is 5. The summed E-state index contributed by atoms with van der Waals surface area (Å²) in [4.78, 5) is 99.5. The summed E-state index contributed by atoms with van der Waals surface area (Å²) in [5.74, 6) is 2.78. The van der Waals surface area contributed by atoms with E-state index >= 15 is 0 Å². The molecule has 554 valence electrons. The van der Waals surface area contributed by atoms with Crippen molar-refractivity contribution < 1.29 is 139 Å². The van der Waals surface area contributed by atoms with Gasteiger partial charge < -0.3 is 95.0 Å². The number of phosphoric ester groups is 1. The fourth-order valence-corrected chi connectivity index (χ4v) is 16.4. The van der Waals surface area contributed by atoms with Gasteiger partial charge in [0, 0.05) is 59.1 Å². The van der Waals surface area contributed by atoms with Crippen LogP contribution >= 0.6 is 45.1 Å². The number of fused-ring (bicyclic) bond motifs is 2. The van der Waals surface area contributed by atoms with Crippen molar-refractivity contribution in [3.05, 3.63) is 70.7 Å². The van der Waals surface area contributed by atoms with Crippen molar-refractivity contribution in [2.24, 2.45) is 5.73 Å². The predicted octanol–water partition coefficient (Wildman–Crippen LogP) is 3.69. The van der Waals surface area contributed by atoms with Gasteiger partial charge >= 0.3 is 47.7 Å². The average Bonchev–Trinajstić information content (AvgIpc) is 0.844. The molecule has 100 heavy (non-hydrogen) atoms. The predicted molar refractivity (Wildman–Crippen MR) is 359 cm³/mol. The lowest BCUT2D eigenvalue weighted by Gasteiger charge is -2.32. The number of carbonyl (C=O) groups excluding carboxylic acids is 4. The zero-order valence-electron chi connectivity index (χ0n) is 52.9. The van der Waals surface area contributed by atoms with E-state index in [1.807, 2.05) is 13.8 Å². The van der Waals surface area contributed by atoms with Crippen LogP contribution in [0.25, 0.3) is 33.4 Å². The van der Waals surface area contributed by atoms with Crippen LogP contribution in [-0.2, 0) is 101 Å². The number of anilines is 1. The number of rotatable bonds is 38. The van der Waals surface area contributed by atoms with Crippen molar-refractivity contribution in [2.75, 3.05) is 96.4 Å². The topological polar surface area (TPSA) is 579 Å². The van der Waals surface area contributed by atoms with Gasteiger partial charge in [0.05, 0.1) is 87.0 Å². The molecule has 1 aliphatic carbocycles. The molecule has 4 aliphatic rings. The van der Waals surface area contributed by atoms with E-state index in [0.29, 0.717) is 31.8 Å². The minimum absolute atomic E-state index is 0.0124. The number of carboxylic acids is 1. The largest absolute Gasteiger partial charge is 0.490 e. The molecule has 1 saturated heterocycles. The van der Waals surface area contributed by atoms with Crippen LogP contribution in [0.1, 0.15) is 60.2 Å². The molecule has 5 amide bonds. The van der Waals surface area contributed by atoms with Gasteiger partial charge in [-0.05, 0) is 92.5 Å². The van der Waals surface area contributed by atoms with Gasteiger partial charge in [-0.25, -0.2) is 32.9 Å². The first-order chi connectivity index (χ1) is 46.8. The maximum absolute atomic E-state index is 13.2. The molecule has 47 heteroatoms. The number of nitrogens with two attached hydrogens (primary N) is 2. The Morgan fingerprint density at radius 1 is 0.860 bits per heavy atom. The summed E-state index contributed by atoms with van der Waals surface area (Å²) in [5, 5.41) is 27.7. The lowest BCUT2D eigenvalue weighted by Crippen LogP contribution is -2.54. The zero-order chi connectivity index (χ0) is 74.0. The van der Waals surface area contributed by atoms with E-state index in [-0.39, 0.29) is 110 Å². The number of carboxylic acid groups (broad SMARTS) is 1. The average molecular weight is 1590 g/mol. The summed E-state index contributed by atoms with van der Waals surface area (Å²) in [7, 11) is -25.1. The number of nitrogen functional groups attached to an aromatic ring is 1. The number of nitrogens with one attached hydrogen (secondary N) is 5. The molecule has 7 atom stereocenters. The molecule has 0 bridgehead atoms. The second-order valence-electron chi connectivity index (χ2n) is 21.5. The van der Waals surface area contributed by atoms with E-state index in [4.69, 9.17) is 80.0 Å². The third kappa shape index (κ3) is 25.9. The lowest BCUT2D eigenvalue weighted by atomic mass is 9.89. The molecule has 0 saturated carbocycles. The Hall–Kier alpha value is -5.76. The first-order valence-electron chi connectivity index (χ1n) is 29.0. The molecule has 1 fully saturated rings. The summed E-state index contributed by atoms with van der Waals surface area (Å²) in [6.07, 6.45) is -1.27. The standard InChI is InChI=1S/C53H71N8O30P3S6/c1-53(2,97-96-29-83-18-4-5-19-84-51(66)58-15-6-7-32-27-61(50(65)60-47(32)56)41-26-39(86-30-98(3)95)40(88-41)28-87-93(71,72)91-94(73,74)90-92(68,69)70)14-20-85-52(67)59-17-22-82-24-23-81-21-16-57-48(62)31-8-9-33(36(25-31)49(63)64)42-34-10-12-37(54)45(99(75,76)77)43(34)89-44-35(42)11-13-38(55)46(44)100(78,79)80/h8-13,25,27,39-41,47,54H,4-5,14-24,26,28-30,55-56H2,1-3H3,(H,57,62)(H,58,66)(H,59,67)(H,60,65)(H,63,64)(H,71,72)(H,73,74)(H2,68,69,70)(H,75,76,77)(H,78,79,80)/t39-,40+,41?,47?,98?/m0/s1. The van der Waals surface area contributed by atoms with Crippen molar-refractivity contribution in [3.63, 3.8) is 0 Å². The van der Waals surface area contributed by atoms with Crippen LogP contribution in [0.15, 0.2) is 68.4 Å². The number of nitrogens with zero attached hydrogens (tertiary/aromatic N) is 1. The van der Waals surface area contributed by atoms with Gasteiger partial charge in [0.15, 0.2) is 21.1 Å². The zero-order valence-corrected chi connectivity index (χ0v) is 60.4. The number of benzene rings is 3. The molecule has 16 N–H and O–H groups in total. The molecule has 3 heterocycles. The van der Waals surface area contributed by atoms with Crippen LogP contribution in [0.2, 0.25) is 0 Å². The van der Waals surface area contributed by atoms with Gasteiger partial charge in [-0.1, -0.05) is 48.9 Å². The highest BCUT2D eigenvalue weighted by Gasteiger charge is 2.46. The second kappa shape index (κ2) is 37.1. The van der Waals surface area contributed by atoms with Crippen molar-refractivity contribution in [1.29, 1.82) is 5.41 Å². The summed E-state index contributed by atoms with van der Waals surface area (Å²) < 4.78 is 162. The summed E-state index contributed by atoms with van der Waals surface area (Å²) >= 11 is 5.17. The molecule has 2 aromatic rings. The molecular formula is C53H71N8O30P3S6. The van der Waals surface area contributed by atoms with Gasteiger partial charge in [-0.15, -0.1) is 0 Å². The van der Waals surface area contributed by atoms with E-state index < -0.39 is 152 Å². The van der Waals surface area contributed by atoms with Crippen LogP contribution in [0, 0.1) is 17.3 Å². The highest BCUT2D eigenvalue weighted by Crippen LogP contribution is 2.66. The summed E-state index contributed by atoms with van der Waals surface area (Å²) in [6.45, 7) is 3.99. The number of hydrogen-bond acceptors (Lipinski definition) is 29. The Bertz CT molecular complexity index is 4190. The maximum atomic E-state index is 13.2. The van der Waals surface area contributed by atoms with Crippen LogP contribution in [0.3, 0.4) is 0 Å². The Kier molecular flexibility index (Phi) is 30.9. The van der Waals surface area contributed by atoms with Gasteiger partial charge in [0.1, 0.15) is 24.4 Å². The quantitative estimate of drug-likeness (QED) is 0.00445. The normalized spacial score (nSPS) is 18.2. The summed E-state index contributed by atoms with van der Waals surface area (Å²) in [6, 6.07) is 7.19. The minimum atomic E-state index is -5.80. The van der Waals surface area contributed by atoms with Crippen LogP contribution in [0.5, 0.6) is 0 Å². The highest BCUT2D eigenvalue weighted by molar-refractivity contribution is 8.77. The Morgan fingerprint density at radius 3 is 2.17 bits per heavy atom. The molecule has 2 aromatic carbocycles. The van der Waals surface area contributed by atoms with E-state index in [1.165, 1.54) is 41.3 Å². The smallest absolute Gasteiger partial charge is 0.478 e. The molecule has 0 aromatic heterocycles. The van der Waals surface area contributed by atoms with Crippen LogP contribution in [-0.4, -0.2) is 206 Å². The maximum Gasteiger partial charge on any atom is 0.490 e. The number of urea groups is 1. The molecule has 38 nitrogen and oxygen atoms in total. The van der Waals surface area contributed by atoms with Crippen LogP contribution in [0.4, 0.5) is 20.1 Å². The van der Waals surface area contributed by atoms with E-state index in [1.54, 1.807) is 17.0 Å². The molecule has 0 radical (unpaired) electrons.